The van der Waals surface area contributed by atoms with Gasteiger partial charge >= 0.3 is 0 Å². The SMILES string of the molecule is [N-]=[N+]=NC[C@@H]1[C@@H](CN=[N+]=[N-])[C@H](Cl)[C@@]23[C@H](O)NC(N)N2C2NC(N)NC2(O)[C@@H]13. The highest BCUT2D eigenvalue weighted by Crippen LogP contribution is 2.63. The molecule has 0 radical (unpaired) electrons. The minimum Gasteiger partial charge on any atom is -0.376 e. The Kier molecular flexibility index (Phi) is 4.42. The number of fused-ring (bicyclic) bond motifs is 3. The van der Waals surface area contributed by atoms with Crippen LogP contribution in [0.15, 0.2) is 10.2 Å². The number of azide groups is 2. The highest BCUT2D eigenvalue weighted by atomic mass is 35.5. The molecule has 3 saturated heterocycles. The van der Waals surface area contributed by atoms with Crippen molar-refractivity contribution in [2.75, 3.05) is 13.1 Å². The van der Waals surface area contributed by atoms with E-state index in [1.807, 2.05) is 0 Å². The van der Waals surface area contributed by atoms with Crippen molar-refractivity contribution in [1.82, 2.24) is 20.9 Å². The van der Waals surface area contributed by atoms with Crippen LogP contribution in [0.5, 0.6) is 0 Å². The maximum absolute atomic E-state index is 11.6. The molecule has 9 N–H and O–H groups in total. The summed E-state index contributed by atoms with van der Waals surface area (Å²) in [6.45, 7) is 0.0179. The second-order valence-electron chi connectivity index (χ2n) is 7.36. The van der Waals surface area contributed by atoms with Crippen molar-refractivity contribution in [3.63, 3.8) is 0 Å². The number of aliphatic hydroxyl groups excluding tert-OH is 1. The summed E-state index contributed by atoms with van der Waals surface area (Å²) in [4.78, 5) is 7.30. The molecule has 14 nitrogen and oxygen atoms in total. The lowest BCUT2D eigenvalue weighted by atomic mass is 9.77. The molecule has 3 aliphatic heterocycles. The Bertz CT molecular complexity index is 729. The van der Waals surface area contributed by atoms with E-state index in [-0.39, 0.29) is 13.1 Å². The van der Waals surface area contributed by atoms with Crippen molar-refractivity contribution in [3.8, 4) is 0 Å². The molecule has 0 aromatic heterocycles. The minimum atomic E-state index is -1.59. The molecule has 0 amide bonds. The molecule has 15 heteroatoms. The number of alkyl halides is 1. The number of nitrogens with zero attached hydrogens (tertiary/aromatic N) is 7. The van der Waals surface area contributed by atoms with Crippen molar-refractivity contribution < 1.29 is 10.2 Å². The molecule has 10 atom stereocenters. The number of rotatable bonds is 4. The Morgan fingerprint density at radius 3 is 2.41 bits per heavy atom. The fraction of sp³-hybridized carbons (Fsp3) is 1.00. The number of nitrogens with one attached hydrogen (secondary N) is 3. The summed E-state index contributed by atoms with van der Waals surface area (Å²) in [7, 11) is 0. The van der Waals surface area contributed by atoms with E-state index >= 15 is 0 Å². The Morgan fingerprint density at radius 2 is 1.78 bits per heavy atom. The highest BCUT2D eigenvalue weighted by molar-refractivity contribution is 6.22. The number of halogens is 1. The molecule has 27 heavy (non-hydrogen) atoms. The van der Waals surface area contributed by atoms with E-state index in [1.54, 1.807) is 4.90 Å². The van der Waals surface area contributed by atoms with Crippen LogP contribution < -0.4 is 27.4 Å². The predicted octanol–water partition coefficient (Wildman–Crippen LogP) is -2.26. The first-order valence-corrected chi connectivity index (χ1v) is 8.93. The summed E-state index contributed by atoms with van der Waals surface area (Å²) in [5.41, 5.74) is 26.9. The van der Waals surface area contributed by atoms with E-state index in [9.17, 15) is 10.2 Å². The van der Waals surface area contributed by atoms with Gasteiger partial charge < -0.3 is 21.7 Å². The van der Waals surface area contributed by atoms with Crippen LogP contribution in [0.25, 0.3) is 20.9 Å². The van der Waals surface area contributed by atoms with Crippen molar-refractivity contribution >= 4 is 11.6 Å². The average Bonchev–Trinajstić information content (AvgIpc) is 3.20. The molecule has 4 aliphatic rings. The fourth-order valence-corrected chi connectivity index (χ4v) is 6.35. The van der Waals surface area contributed by atoms with E-state index in [4.69, 9.17) is 34.1 Å². The average molecular weight is 401 g/mol. The zero-order valence-electron chi connectivity index (χ0n) is 14.1. The lowest BCUT2D eigenvalue weighted by molar-refractivity contribution is -0.0671. The van der Waals surface area contributed by atoms with Gasteiger partial charge in [0.2, 0.25) is 0 Å². The first-order valence-electron chi connectivity index (χ1n) is 8.49. The molecule has 1 saturated carbocycles. The van der Waals surface area contributed by atoms with E-state index in [0.29, 0.717) is 0 Å². The van der Waals surface area contributed by atoms with Crippen LogP contribution in [-0.4, -0.2) is 69.8 Å². The minimum absolute atomic E-state index is 0.000498. The normalized spacial score (nSPS) is 53.4. The van der Waals surface area contributed by atoms with Crippen LogP contribution >= 0.6 is 11.6 Å². The number of aliphatic hydroxyl groups is 2. The van der Waals surface area contributed by atoms with Crippen molar-refractivity contribution in [2.24, 2.45) is 39.4 Å². The maximum Gasteiger partial charge on any atom is 0.152 e. The molecule has 0 aromatic carbocycles. The van der Waals surface area contributed by atoms with Gasteiger partial charge in [0.15, 0.2) is 5.72 Å². The first kappa shape index (κ1) is 18.9. The summed E-state index contributed by atoms with van der Waals surface area (Å²) in [5.74, 6) is -1.67. The zero-order chi connectivity index (χ0) is 19.6. The molecular weight excluding hydrogens is 380 g/mol. The topological polar surface area (TPSA) is 229 Å². The second kappa shape index (κ2) is 6.30. The van der Waals surface area contributed by atoms with Crippen LogP contribution in [0, 0.1) is 17.8 Å². The second-order valence-corrected chi connectivity index (χ2v) is 7.83. The highest BCUT2D eigenvalue weighted by Gasteiger charge is 2.82. The Balaban J connectivity index is 1.88. The number of hydrogen-bond donors (Lipinski definition) is 7. The third-order valence-electron chi connectivity index (χ3n) is 6.41. The molecule has 3 heterocycles. The third kappa shape index (κ3) is 2.20. The van der Waals surface area contributed by atoms with Gasteiger partial charge in [0, 0.05) is 28.8 Å². The van der Waals surface area contributed by atoms with E-state index in [2.05, 4.69) is 36.0 Å². The van der Waals surface area contributed by atoms with Crippen LogP contribution in [-0.2, 0) is 0 Å². The Morgan fingerprint density at radius 1 is 1.15 bits per heavy atom. The van der Waals surface area contributed by atoms with Gasteiger partial charge in [-0.15, -0.1) is 11.6 Å². The van der Waals surface area contributed by atoms with Crippen LogP contribution in [0.3, 0.4) is 0 Å². The molecule has 0 bridgehead atoms. The van der Waals surface area contributed by atoms with Crippen LogP contribution in [0.4, 0.5) is 0 Å². The van der Waals surface area contributed by atoms with E-state index in [0.717, 1.165) is 0 Å². The van der Waals surface area contributed by atoms with Gasteiger partial charge in [0.25, 0.3) is 0 Å². The van der Waals surface area contributed by atoms with Gasteiger partial charge in [-0.2, -0.15) is 0 Å². The number of hydrogen-bond acceptors (Lipinski definition) is 10. The summed E-state index contributed by atoms with van der Waals surface area (Å²) in [6.07, 6.45) is -3.42. The molecular formula is C12H21ClN12O2. The van der Waals surface area contributed by atoms with Crippen molar-refractivity contribution in [2.45, 2.75) is 41.6 Å². The van der Waals surface area contributed by atoms with Crippen LogP contribution in [0.1, 0.15) is 0 Å². The van der Waals surface area contributed by atoms with E-state index in [1.165, 1.54) is 0 Å². The third-order valence-corrected chi connectivity index (χ3v) is 7.09. The Hall–Kier alpha value is -1.41. The van der Waals surface area contributed by atoms with Gasteiger partial charge in [-0.1, -0.05) is 10.2 Å². The summed E-state index contributed by atoms with van der Waals surface area (Å²) in [6, 6.07) is 0. The van der Waals surface area contributed by atoms with Crippen molar-refractivity contribution in [3.05, 3.63) is 20.9 Å². The summed E-state index contributed by atoms with van der Waals surface area (Å²) < 4.78 is 0. The van der Waals surface area contributed by atoms with Gasteiger partial charge in [-0.25, -0.2) is 4.90 Å². The molecule has 1 aliphatic carbocycles. The Labute approximate surface area is 158 Å². The standard InChI is InChI=1S/C12H21ClN12O2/c13-6-4(2-19-24-17)3(1-18-23-16)5-11(6)8(26)21-10(15)25(11)7-12(5,27)22-9(14)20-7/h3-10,20-22,26-27H,1-2,14-15H2/t3-,4-,5+,6+,7?,8+,9?,10?,11+,12?/m1/s1. The first-order chi connectivity index (χ1) is 12.8. The largest absolute Gasteiger partial charge is 0.376 e. The summed E-state index contributed by atoms with van der Waals surface area (Å²) in [5, 5.41) is 37.8. The number of nitrogens with two attached hydrogens (primary N) is 2. The fourth-order valence-electron chi connectivity index (χ4n) is 5.72. The smallest absolute Gasteiger partial charge is 0.152 e. The monoisotopic (exact) mass is 400 g/mol. The molecule has 0 aromatic rings. The van der Waals surface area contributed by atoms with E-state index < -0.39 is 59.4 Å². The quantitative estimate of drug-likeness (QED) is 0.117. The van der Waals surface area contributed by atoms with Crippen molar-refractivity contribution in [1.29, 1.82) is 0 Å². The molecule has 4 rings (SSSR count). The van der Waals surface area contributed by atoms with Crippen LogP contribution in [0.2, 0.25) is 0 Å². The predicted molar refractivity (Wildman–Crippen MR) is 92.8 cm³/mol. The lowest BCUT2D eigenvalue weighted by Crippen LogP contribution is -2.62. The molecule has 4 fully saturated rings. The van der Waals surface area contributed by atoms with Gasteiger partial charge in [-0.3, -0.25) is 16.0 Å². The summed E-state index contributed by atoms with van der Waals surface area (Å²) >= 11 is 6.84. The lowest BCUT2D eigenvalue weighted by Gasteiger charge is -2.40. The van der Waals surface area contributed by atoms with Gasteiger partial charge in [0.1, 0.15) is 25.0 Å². The molecule has 1 spiro atoms. The van der Waals surface area contributed by atoms with Gasteiger partial charge in [0.05, 0.1) is 10.9 Å². The molecule has 4 unspecified atom stereocenters. The zero-order valence-corrected chi connectivity index (χ0v) is 14.8. The molecule has 148 valence electrons. The van der Waals surface area contributed by atoms with Gasteiger partial charge in [-0.05, 0) is 22.9 Å². The maximum atomic E-state index is 11.6.